The van der Waals surface area contributed by atoms with Gasteiger partial charge in [0.15, 0.2) is 0 Å². The molecule has 1 aliphatic rings. The first kappa shape index (κ1) is 23.8. The summed E-state index contributed by atoms with van der Waals surface area (Å²) in [5.41, 5.74) is 1.31. The van der Waals surface area contributed by atoms with Crippen molar-refractivity contribution in [2.75, 3.05) is 11.4 Å². The third-order valence-corrected chi connectivity index (χ3v) is 6.36. The quantitative estimate of drug-likeness (QED) is 0.243. The van der Waals surface area contributed by atoms with Gasteiger partial charge in [-0.3, -0.25) is 0 Å². The minimum atomic E-state index is 0.500. The number of benzene rings is 1. The Bertz CT molecular complexity index is 525. The Morgan fingerprint density at radius 2 is 1.14 bits per heavy atom. The molecular weight excluding hydrogens is 352 g/mol. The van der Waals surface area contributed by atoms with Gasteiger partial charge in [0, 0.05) is 24.6 Å². The fraction of sp³-hybridized carbons (Fsp3) is 0.704. The predicted molar refractivity (Wildman–Crippen MR) is 129 cm³/mol. The van der Waals surface area contributed by atoms with E-state index in [1.165, 1.54) is 102 Å². The van der Waals surface area contributed by atoms with Crippen LogP contribution in [0.4, 0.5) is 5.69 Å². The highest BCUT2D eigenvalue weighted by Crippen LogP contribution is 2.27. The molecule has 0 saturated carbocycles. The van der Waals surface area contributed by atoms with Crippen molar-refractivity contribution in [2.24, 2.45) is 0 Å². The van der Waals surface area contributed by atoms with E-state index < -0.39 is 0 Å². The molecule has 0 aliphatic carbocycles. The Hall–Kier alpha value is -1.44. The summed E-state index contributed by atoms with van der Waals surface area (Å²) in [4.78, 5) is 4.93. The van der Waals surface area contributed by atoms with Crippen LogP contribution in [0.25, 0.3) is 0 Å². The lowest BCUT2D eigenvalue weighted by Crippen LogP contribution is -2.38. The smallest absolute Gasteiger partial charge is 0.105 e. The van der Waals surface area contributed by atoms with E-state index in [1.54, 1.807) is 0 Å². The molecule has 1 aromatic carbocycles. The topological polar surface area (TPSA) is 6.48 Å². The van der Waals surface area contributed by atoms with E-state index in [9.17, 15) is 0 Å². The Kier molecular flexibility index (Phi) is 12.7. The molecule has 1 unspecified atom stereocenters. The molecule has 0 fully saturated rings. The summed E-state index contributed by atoms with van der Waals surface area (Å²) in [6.07, 6.45) is 26.3. The Labute approximate surface area is 181 Å². The SMILES string of the molecule is CCCCCCCCCCCCCCCCC1N(CC)C=CN1c1ccccc1. The van der Waals surface area contributed by atoms with Gasteiger partial charge >= 0.3 is 0 Å². The third kappa shape index (κ3) is 9.28. The van der Waals surface area contributed by atoms with Crippen LogP contribution in [0.3, 0.4) is 0 Å². The van der Waals surface area contributed by atoms with E-state index in [2.05, 4.69) is 66.4 Å². The van der Waals surface area contributed by atoms with Crippen LogP contribution in [0, 0.1) is 0 Å². The highest BCUT2D eigenvalue weighted by Gasteiger charge is 2.25. The first-order valence-electron chi connectivity index (χ1n) is 12.6. The molecule has 0 amide bonds. The highest BCUT2D eigenvalue weighted by atomic mass is 15.4. The molecule has 164 valence electrons. The van der Waals surface area contributed by atoms with Gasteiger partial charge in [-0.15, -0.1) is 0 Å². The second kappa shape index (κ2) is 15.4. The third-order valence-electron chi connectivity index (χ3n) is 6.36. The molecule has 0 bridgehead atoms. The van der Waals surface area contributed by atoms with Gasteiger partial charge in [0.25, 0.3) is 0 Å². The maximum atomic E-state index is 2.48. The Balaban J connectivity index is 1.48. The van der Waals surface area contributed by atoms with Gasteiger partial charge in [-0.2, -0.15) is 0 Å². The molecule has 2 rings (SSSR count). The Morgan fingerprint density at radius 1 is 0.621 bits per heavy atom. The largest absolute Gasteiger partial charge is 0.356 e. The van der Waals surface area contributed by atoms with Gasteiger partial charge in [-0.25, -0.2) is 0 Å². The zero-order valence-electron chi connectivity index (χ0n) is 19.3. The molecule has 2 nitrogen and oxygen atoms in total. The van der Waals surface area contributed by atoms with E-state index in [1.807, 2.05) is 0 Å². The first-order chi connectivity index (χ1) is 14.4. The first-order valence-corrected chi connectivity index (χ1v) is 12.6. The van der Waals surface area contributed by atoms with E-state index in [0.717, 1.165) is 6.54 Å². The number of para-hydroxylation sites is 1. The second-order valence-corrected chi connectivity index (χ2v) is 8.74. The van der Waals surface area contributed by atoms with Crippen molar-refractivity contribution in [3.63, 3.8) is 0 Å². The molecule has 1 aromatic rings. The molecule has 0 spiro atoms. The van der Waals surface area contributed by atoms with Crippen molar-refractivity contribution in [1.82, 2.24) is 4.90 Å². The summed E-state index contributed by atoms with van der Waals surface area (Å²) in [6, 6.07) is 10.8. The number of unbranched alkanes of at least 4 members (excludes halogenated alkanes) is 13. The van der Waals surface area contributed by atoms with Crippen molar-refractivity contribution < 1.29 is 0 Å². The zero-order valence-corrected chi connectivity index (χ0v) is 19.3. The lowest BCUT2D eigenvalue weighted by atomic mass is 10.0. The Morgan fingerprint density at radius 3 is 1.66 bits per heavy atom. The van der Waals surface area contributed by atoms with Crippen LogP contribution in [-0.4, -0.2) is 17.6 Å². The van der Waals surface area contributed by atoms with E-state index in [-0.39, 0.29) is 0 Å². The lowest BCUT2D eigenvalue weighted by Gasteiger charge is -2.32. The van der Waals surface area contributed by atoms with Crippen LogP contribution in [0.15, 0.2) is 42.7 Å². The molecule has 2 heteroatoms. The molecule has 1 atom stereocenters. The fourth-order valence-electron chi connectivity index (χ4n) is 4.52. The number of rotatable bonds is 17. The predicted octanol–water partition coefficient (Wildman–Crippen LogP) is 8.50. The van der Waals surface area contributed by atoms with Crippen molar-refractivity contribution in [2.45, 2.75) is 116 Å². The average molecular weight is 399 g/mol. The second-order valence-electron chi connectivity index (χ2n) is 8.74. The van der Waals surface area contributed by atoms with Crippen molar-refractivity contribution in [1.29, 1.82) is 0 Å². The lowest BCUT2D eigenvalue weighted by molar-refractivity contribution is 0.291. The van der Waals surface area contributed by atoms with Crippen LogP contribution in [0.5, 0.6) is 0 Å². The number of nitrogens with zero attached hydrogens (tertiary/aromatic N) is 2. The van der Waals surface area contributed by atoms with Gasteiger partial charge in [-0.1, -0.05) is 109 Å². The number of hydrogen-bond acceptors (Lipinski definition) is 2. The minimum Gasteiger partial charge on any atom is -0.356 e. The average Bonchev–Trinajstić information content (AvgIpc) is 3.17. The normalized spacial score (nSPS) is 16.1. The summed E-state index contributed by atoms with van der Waals surface area (Å²) in [7, 11) is 0. The van der Waals surface area contributed by atoms with Crippen molar-refractivity contribution in [3.05, 3.63) is 42.7 Å². The molecule has 0 radical (unpaired) electrons. The summed E-state index contributed by atoms with van der Waals surface area (Å²) >= 11 is 0. The highest BCUT2D eigenvalue weighted by molar-refractivity contribution is 5.51. The van der Waals surface area contributed by atoms with Gasteiger partial charge in [-0.05, 0) is 31.9 Å². The molecule has 1 aliphatic heterocycles. The van der Waals surface area contributed by atoms with Crippen LogP contribution in [0.2, 0.25) is 0 Å². The maximum Gasteiger partial charge on any atom is 0.105 e. The molecule has 0 saturated heterocycles. The van der Waals surface area contributed by atoms with Crippen molar-refractivity contribution >= 4 is 5.69 Å². The van der Waals surface area contributed by atoms with Gasteiger partial charge in [0.05, 0.1) is 0 Å². The fourth-order valence-corrected chi connectivity index (χ4v) is 4.52. The van der Waals surface area contributed by atoms with Gasteiger partial charge in [0.1, 0.15) is 6.17 Å². The van der Waals surface area contributed by atoms with Gasteiger partial charge < -0.3 is 9.80 Å². The molecular formula is C27H46N2. The summed E-state index contributed by atoms with van der Waals surface area (Å²) in [6.45, 7) is 5.64. The van der Waals surface area contributed by atoms with Gasteiger partial charge in [0.2, 0.25) is 0 Å². The van der Waals surface area contributed by atoms with Crippen LogP contribution < -0.4 is 4.90 Å². The molecule has 1 heterocycles. The summed E-state index contributed by atoms with van der Waals surface area (Å²) < 4.78 is 0. The van der Waals surface area contributed by atoms with E-state index in [0.29, 0.717) is 6.17 Å². The number of anilines is 1. The monoisotopic (exact) mass is 398 g/mol. The molecule has 0 aromatic heterocycles. The molecule has 0 N–H and O–H groups in total. The minimum absolute atomic E-state index is 0.500. The summed E-state index contributed by atoms with van der Waals surface area (Å²) in [5.74, 6) is 0. The zero-order chi connectivity index (χ0) is 20.6. The summed E-state index contributed by atoms with van der Waals surface area (Å²) in [5, 5.41) is 0. The standard InChI is InChI=1S/C27H46N2/c1-3-5-6-7-8-9-10-11-12-13-14-15-16-20-23-27-28(4-2)24-25-29(27)26-21-18-17-19-22-26/h17-19,21-22,24-25,27H,3-16,20,23H2,1-2H3. The van der Waals surface area contributed by atoms with E-state index >= 15 is 0 Å². The van der Waals surface area contributed by atoms with Crippen LogP contribution >= 0.6 is 0 Å². The van der Waals surface area contributed by atoms with Crippen molar-refractivity contribution in [3.8, 4) is 0 Å². The van der Waals surface area contributed by atoms with E-state index in [4.69, 9.17) is 0 Å². The van der Waals surface area contributed by atoms with Crippen LogP contribution in [0.1, 0.15) is 110 Å². The van der Waals surface area contributed by atoms with Crippen LogP contribution in [-0.2, 0) is 0 Å². The molecule has 29 heavy (non-hydrogen) atoms. The number of hydrogen-bond donors (Lipinski definition) is 0. The maximum absolute atomic E-state index is 2.48.